The van der Waals surface area contributed by atoms with Crippen LogP contribution in [-0.4, -0.2) is 40.0 Å². The van der Waals surface area contributed by atoms with Crippen molar-refractivity contribution in [2.45, 2.75) is 32.0 Å². The van der Waals surface area contributed by atoms with Crippen LogP contribution in [0.1, 0.15) is 37.1 Å². The summed E-state index contributed by atoms with van der Waals surface area (Å²) in [4.78, 5) is 23.4. The Labute approximate surface area is 167 Å². The van der Waals surface area contributed by atoms with Crippen molar-refractivity contribution in [1.82, 2.24) is 24.1 Å². The zero-order valence-corrected chi connectivity index (χ0v) is 17.4. The molecular formula is C17H21F3N6O2S. The Morgan fingerprint density at radius 2 is 1.83 bits per heavy atom. The van der Waals surface area contributed by atoms with Gasteiger partial charge in [-0.05, 0) is 6.07 Å². The van der Waals surface area contributed by atoms with E-state index in [0.29, 0.717) is 5.52 Å². The number of hydrogen-bond acceptors (Lipinski definition) is 5. The molecule has 0 saturated heterocycles. The number of nitrogens with two attached hydrogens (primary N) is 1. The van der Waals surface area contributed by atoms with Gasteiger partial charge in [0.25, 0.3) is 5.91 Å². The zero-order valence-electron chi connectivity index (χ0n) is 16.5. The highest BCUT2D eigenvalue weighted by atomic mass is 32.2. The Morgan fingerprint density at radius 1 is 1.21 bits per heavy atom. The molecule has 1 amide bonds. The first-order valence-electron chi connectivity index (χ1n) is 8.71. The van der Waals surface area contributed by atoms with Gasteiger partial charge in [-0.15, -0.1) is 0 Å². The molecule has 3 rings (SSSR count). The van der Waals surface area contributed by atoms with Gasteiger partial charge < -0.3 is 14.9 Å². The standard InChI is InChI=1S/C15H15F3N6O2S.C2H6/c1-4-27(26)14-10(22-13(11(19)25)24(14)3)12-21-7-5-9(15(16,17)18)20-6-8(7)23(12)2;1-2/h5-6H,4H2,1-3H3,(H2,19,25);1-2H3. The smallest absolute Gasteiger partial charge is 0.363 e. The molecule has 8 nitrogen and oxygen atoms in total. The molecule has 0 fully saturated rings. The minimum atomic E-state index is -4.61. The number of alkyl halides is 3. The molecule has 1 unspecified atom stereocenters. The number of hydrogen-bond donors (Lipinski definition) is 1. The fourth-order valence-electron chi connectivity index (χ4n) is 2.70. The average molecular weight is 430 g/mol. The molecule has 3 heterocycles. The van der Waals surface area contributed by atoms with Crippen molar-refractivity contribution in [1.29, 1.82) is 0 Å². The molecule has 0 aliphatic carbocycles. The van der Waals surface area contributed by atoms with E-state index in [-0.39, 0.29) is 33.6 Å². The summed E-state index contributed by atoms with van der Waals surface area (Å²) in [6, 6.07) is 0.827. The lowest BCUT2D eigenvalue weighted by Gasteiger charge is -2.05. The number of aromatic nitrogens is 5. The molecular weight excluding hydrogens is 409 g/mol. The Balaban J connectivity index is 0.00000145. The summed E-state index contributed by atoms with van der Waals surface area (Å²) >= 11 is 0. The van der Waals surface area contributed by atoms with Crippen LogP contribution in [0, 0.1) is 0 Å². The second-order valence-electron chi connectivity index (χ2n) is 5.70. The molecule has 0 bridgehead atoms. The van der Waals surface area contributed by atoms with E-state index in [0.717, 1.165) is 12.3 Å². The number of fused-ring (bicyclic) bond motifs is 1. The van der Waals surface area contributed by atoms with E-state index < -0.39 is 28.6 Å². The van der Waals surface area contributed by atoms with Gasteiger partial charge in [-0.25, -0.2) is 15.0 Å². The SMILES string of the molecule is CC.CCS(=O)c1c(-c2nc3cc(C(F)(F)F)ncc3n2C)nc(C(N)=O)n1C. The number of carbonyl (C=O) groups is 1. The minimum Gasteiger partial charge on any atom is -0.363 e. The van der Waals surface area contributed by atoms with Crippen molar-refractivity contribution < 1.29 is 22.2 Å². The summed E-state index contributed by atoms with van der Waals surface area (Å²) in [5.74, 6) is -0.541. The van der Waals surface area contributed by atoms with E-state index >= 15 is 0 Å². The highest BCUT2D eigenvalue weighted by molar-refractivity contribution is 7.85. The lowest BCUT2D eigenvalue weighted by Crippen LogP contribution is -2.17. The maximum Gasteiger partial charge on any atom is 0.433 e. The van der Waals surface area contributed by atoms with Gasteiger partial charge in [-0.1, -0.05) is 20.8 Å². The monoisotopic (exact) mass is 430 g/mol. The van der Waals surface area contributed by atoms with Crippen molar-refractivity contribution in [2.75, 3.05) is 5.75 Å². The number of carbonyl (C=O) groups excluding carboxylic acids is 1. The number of pyridine rings is 1. The first kappa shape index (κ1) is 22.5. The molecule has 3 aromatic rings. The van der Waals surface area contributed by atoms with Gasteiger partial charge in [0.15, 0.2) is 11.6 Å². The molecule has 0 spiro atoms. The summed E-state index contributed by atoms with van der Waals surface area (Å²) in [6.45, 7) is 5.69. The van der Waals surface area contributed by atoms with Crippen molar-refractivity contribution >= 4 is 27.7 Å². The summed E-state index contributed by atoms with van der Waals surface area (Å²) in [6.07, 6.45) is -3.55. The topological polar surface area (TPSA) is 109 Å². The predicted octanol–water partition coefficient (Wildman–Crippen LogP) is 2.64. The molecule has 2 N–H and O–H groups in total. The summed E-state index contributed by atoms with van der Waals surface area (Å²) < 4.78 is 54.0. The van der Waals surface area contributed by atoms with E-state index in [9.17, 15) is 22.2 Å². The molecule has 0 saturated carbocycles. The quantitative estimate of drug-likeness (QED) is 0.684. The van der Waals surface area contributed by atoms with Crippen LogP contribution in [0.5, 0.6) is 0 Å². The van der Waals surface area contributed by atoms with Crippen molar-refractivity contribution in [3.8, 4) is 11.5 Å². The van der Waals surface area contributed by atoms with Crippen molar-refractivity contribution in [3.63, 3.8) is 0 Å². The number of imidazole rings is 2. The van der Waals surface area contributed by atoms with Crippen LogP contribution in [0.4, 0.5) is 13.2 Å². The fourth-order valence-corrected chi connectivity index (χ4v) is 3.72. The van der Waals surface area contributed by atoms with Gasteiger partial charge in [0.1, 0.15) is 16.4 Å². The first-order valence-corrected chi connectivity index (χ1v) is 10.0. The summed E-state index contributed by atoms with van der Waals surface area (Å²) in [5.41, 5.74) is 4.75. The molecule has 1 atom stereocenters. The fraction of sp³-hybridized carbons (Fsp3) is 0.412. The van der Waals surface area contributed by atoms with Crippen LogP contribution in [0.15, 0.2) is 17.3 Å². The number of primary amides is 1. The third kappa shape index (κ3) is 4.02. The van der Waals surface area contributed by atoms with Gasteiger partial charge in [-0.2, -0.15) is 13.2 Å². The molecule has 0 radical (unpaired) electrons. The minimum absolute atomic E-state index is 0.0503. The second kappa shape index (κ2) is 8.31. The zero-order chi connectivity index (χ0) is 22.1. The maximum absolute atomic E-state index is 12.9. The van der Waals surface area contributed by atoms with Crippen LogP contribution in [-0.2, 0) is 31.1 Å². The second-order valence-corrected chi connectivity index (χ2v) is 7.35. The molecule has 0 aromatic carbocycles. The van der Waals surface area contributed by atoms with E-state index in [1.807, 2.05) is 13.8 Å². The number of nitrogens with zero attached hydrogens (tertiary/aromatic N) is 5. The summed E-state index contributed by atoms with van der Waals surface area (Å²) in [7, 11) is 1.54. The Kier molecular flexibility index (Phi) is 6.46. The number of aryl methyl sites for hydroxylation is 1. The number of amides is 1. The van der Waals surface area contributed by atoms with Gasteiger partial charge in [0.05, 0.1) is 28.0 Å². The van der Waals surface area contributed by atoms with Crippen LogP contribution >= 0.6 is 0 Å². The van der Waals surface area contributed by atoms with E-state index in [1.54, 1.807) is 14.0 Å². The third-order valence-corrected chi connectivity index (χ3v) is 5.43. The van der Waals surface area contributed by atoms with E-state index in [1.165, 1.54) is 16.2 Å². The Morgan fingerprint density at radius 3 is 2.34 bits per heavy atom. The van der Waals surface area contributed by atoms with Crippen LogP contribution in [0.2, 0.25) is 0 Å². The Bertz CT molecular complexity index is 1090. The molecule has 158 valence electrons. The third-order valence-electron chi connectivity index (χ3n) is 4.01. The Hall–Kier alpha value is -2.76. The lowest BCUT2D eigenvalue weighted by molar-refractivity contribution is -0.141. The molecule has 29 heavy (non-hydrogen) atoms. The molecule has 12 heteroatoms. The van der Waals surface area contributed by atoms with E-state index in [4.69, 9.17) is 5.73 Å². The predicted molar refractivity (Wildman–Crippen MR) is 103 cm³/mol. The van der Waals surface area contributed by atoms with Gasteiger partial charge in [0, 0.05) is 19.8 Å². The van der Waals surface area contributed by atoms with Gasteiger partial charge >= 0.3 is 6.18 Å². The molecule has 3 aromatic heterocycles. The largest absolute Gasteiger partial charge is 0.433 e. The van der Waals surface area contributed by atoms with Crippen LogP contribution in [0.3, 0.4) is 0 Å². The molecule has 0 aliphatic heterocycles. The normalized spacial score (nSPS) is 12.6. The number of rotatable bonds is 4. The van der Waals surface area contributed by atoms with Gasteiger partial charge in [-0.3, -0.25) is 9.00 Å². The average Bonchev–Trinajstić information content (AvgIpc) is 3.19. The van der Waals surface area contributed by atoms with E-state index in [2.05, 4.69) is 15.0 Å². The van der Waals surface area contributed by atoms with Crippen molar-refractivity contribution in [3.05, 3.63) is 23.8 Å². The highest BCUT2D eigenvalue weighted by Gasteiger charge is 2.33. The lowest BCUT2D eigenvalue weighted by atomic mass is 10.3. The summed E-state index contributed by atoms with van der Waals surface area (Å²) in [5, 5.41) is 0.216. The maximum atomic E-state index is 12.9. The highest BCUT2D eigenvalue weighted by Crippen LogP contribution is 2.32. The van der Waals surface area contributed by atoms with Gasteiger partial charge in [0.2, 0.25) is 0 Å². The van der Waals surface area contributed by atoms with Crippen molar-refractivity contribution in [2.24, 2.45) is 19.8 Å². The van der Waals surface area contributed by atoms with Crippen LogP contribution in [0.25, 0.3) is 22.6 Å². The molecule has 0 aliphatic rings. The first-order chi connectivity index (χ1) is 13.6. The number of halogens is 3. The van der Waals surface area contributed by atoms with Crippen LogP contribution < -0.4 is 5.73 Å².